The largest absolute Gasteiger partial charge is 0.385 e. The summed E-state index contributed by atoms with van der Waals surface area (Å²) in [5.74, 6) is -0.0889. The van der Waals surface area contributed by atoms with Crippen molar-refractivity contribution in [2.45, 2.75) is 43.6 Å². The maximum Gasteiger partial charge on any atom is 0.343 e. The van der Waals surface area contributed by atoms with Gasteiger partial charge in [0.1, 0.15) is 0 Å². The molecular weight excluding hydrogens is 380 g/mol. The molecule has 1 aromatic carbocycles. The molecular formula is C19H26N4O4S. The van der Waals surface area contributed by atoms with E-state index >= 15 is 0 Å². The van der Waals surface area contributed by atoms with E-state index in [-0.39, 0.29) is 22.6 Å². The molecule has 0 aliphatic heterocycles. The van der Waals surface area contributed by atoms with Gasteiger partial charge >= 0.3 is 5.69 Å². The highest BCUT2D eigenvalue weighted by Gasteiger charge is 2.20. The van der Waals surface area contributed by atoms with Crippen LogP contribution in [0.2, 0.25) is 0 Å². The number of carbonyl (C=O) groups excluding carboxylic acids is 2. The van der Waals surface area contributed by atoms with E-state index in [1.165, 1.54) is 23.3 Å². The topological polar surface area (TPSA) is 106 Å². The van der Waals surface area contributed by atoms with Crippen molar-refractivity contribution >= 4 is 23.5 Å². The van der Waals surface area contributed by atoms with Crippen LogP contribution in [0.25, 0.3) is 0 Å². The molecule has 0 aliphatic rings. The van der Waals surface area contributed by atoms with Gasteiger partial charge < -0.3 is 10.1 Å². The van der Waals surface area contributed by atoms with Gasteiger partial charge in [0.25, 0.3) is 0 Å². The number of nitrogens with zero attached hydrogens (tertiary/aromatic N) is 2. The van der Waals surface area contributed by atoms with Gasteiger partial charge in [0.2, 0.25) is 5.91 Å². The van der Waals surface area contributed by atoms with E-state index in [4.69, 9.17) is 4.74 Å². The number of ether oxygens (including phenoxy) is 1. The Morgan fingerprint density at radius 3 is 2.68 bits per heavy atom. The summed E-state index contributed by atoms with van der Waals surface area (Å²) < 4.78 is 6.54. The molecule has 28 heavy (non-hydrogen) atoms. The number of hydrogen-bond acceptors (Lipinski definition) is 6. The number of nitrogens with one attached hydrogen (secondary N) is 2. The van der Waals surface area contributed by atoms with Gasteiger partial charge in [-0.05, 0) is 25.3 Å². The van der Waals surface area contributed by atoms with E-state index in [1.807, 2.05) is 12.1 Å². The van der Waals surface area contributed by atoms with Crippen molar-refractivity contribution < 1.29 is 14.3 Å². The molecule has 2 rings (SSSR count). The fourth-order valence-corrected chi connectivity index (χ4v) is 3.58. The minimum atomic E-state index is -0.387. The van der Waals surface area contributed by atoms with Gasteiger partial charge in [0, 0.05) is 39.3 Å². The maximum atomic E-state index is 12.7. The zero-order valence-corrected chi connectivity index (χ0v) is 17.2. The molecule has 0 saturated carbocycles. The third-order valence-corrected chi connectivity index (χ3v) is 5.22. The lowest BCUT2D eigenvalue weighted by Gasteiger charge is -2.11. The third-order valence-electron chi connectivity index (χ3n) is 4.13. The second kappa shape index (κ2) is 10.8. The molecule has 1 atom stereocenters. The molecule has 8 nitrogen and oxygen atoms in total. The van der Waals surface area contributed by atoms with Crippen molar-refractivity contribution in [2.24, 2.45) is 0 Å². The first-order chi connectivity index (χ1) is 13.4. The predicted octanol–water partition coefficient (Wildman–Crippen LogP) is 1.65. The van der Waals surface area contributed by atoms with Gasteiger partial charge in [-0.15, -0.1) is 5.10 Å². The molecule has 152 valence electrons. The molecule has 1 unspecified atom stereocenters. The summed E-state index contributed by atoms with van der Waals surface area (Å²) in [5, 5.41) is 9.33. The number of aromatic nitrogens is 3. The van der Waals surface area contributed by atoms with Crippen molar-refractivity contribution in [2.75, 3.05) is 20.3 Å². The number of H-pyrrole nitrogens is 1. The minimum absolute atomic E-state index is 0.0303. The Labute approximate surface area is 168 Å². The second-order valence-corrected chi connectivity index (χ2v) is 7.67. The first-order valence-electron chi connectivity index (χ1n) is 9.10. The van der Waals surface area contributed by atoms with E-state index in [1.54, 1.807) is 26.2 Å². The van der Waals surface area contributed by atoms with Gasteiger partial charge in [-0.2, -0.15) is 0 Å². The average molecular weight is 407 g/mol. The lowest BCUT2D eigenvalue weighted by atomic mass is 10.0. The van der Waals surface area contributed by atoms with Crippen molar-refractivity contribution in [3.8, 4) is 0 Å². The Hall–Kier alpha value is -2.39. The first kappa shape index (κ1) is 21.9. The molecule has 0 radical (unpaired) electrons. The first-order valence-corrected chi connectivity index (χ1v) is 9.98. The van der Waals surface area contributed by atoms with Gasteiger partial charge in [-0.1, -0.05) is 36.0 Å². The number of Topliss-reactive ketones (excluding diaryl/α,β-unsaturated/α-hetero) is 1. The normalized spacial score (nSPS) is 12.0. The lowest BCUT2D eigenvalue weighted by molar-refractivity contribution is -0.118. The summed E-state index contributed by atoms with van der Waals surface area (Å²) in [6, 6.07) is 7.36. The summed E-state index contributed by atoms with van der Waals surface area (Å²) in [7, 11) is 1.61. The number of amides is 1. The molecule has 0 bridgehead atoms. The number of benzene rings is 1. The monoisotopic (exact) mass is 406 g/mol. The summed E-state index contributed by atoms with van der Waals surface area (Å²) >= 11 is 1.26. The molecule has 0 aliphatic carbocycles. The molecule has 2 aromatic rings. The number of thioether (sulfide) groups is 1. The van der Waals surface area contributed by atoms with Crippen LogP contribution in [0.1, 0.15) is 36.2 Å². The summed E-state index contributed by atoms with van der Waals surface area (Å²) in [6.07, 6.45) is 1.39. The van der Waals surface area contributed by atoms with Gasteiger partial charge in [-0.3, -0.25) is 14.2 Å². The van der Waals surface area contributed by atoms with E-state index in [0.717, 1.165) is 5.56 Å². The Morgan fingerprint density at radius 2 is 2.04 bits per heavy atom. The fraction of sp³-hybridized carbons (Fsp3) is 0.474. The standard InChI is InChI=1S/C19H26N4O4S/c1-13(28-19-22-21-18(26)23(19)11-4-12-27-3)17(25)16-7-5-15(6-8-16)9-10-20-14(2)24/h5-8,13H,4,9-12H2,1-3H3,(H,20,24)(H,21,26). The zero-order valence-electron chi connectivity index (χ0n) is 16.4. The third kappa shape index (κ3) is 6.35. The highest BCUT2D eigenvalue weighted by atomic mass is 32.2. The van der Waals surface area contributed by atoms with Crippen LogP contribution in [0.4, 0.5) is 0 Å². The van der Waals surface area contributed by atoms with Crippen LogP contribution in [0.3, 0.4) is 0 Å². The van der Waals surface area contributed by atoms with E-state index in [0.29, 0.717) is 43.3 Å². The van der Waals surface area contributed by atoms with E-state index in [9.17, 15) is 14.4 Å². The number of methoxy groups -OCH3 is 1. The van der Waals surface area contributed by atoms with Crippen LogP contribution in [-0.4, -0.2) is 52.0 Å². The molecule has 0 fully saturated rings. The van der Waals surface area contributed by atoms with Crippen molar-refractivity contribution in [1.29, 1.82) is 0 Å². The molecule has 1 aromatic heterocycles. The predicted molar refractivity (Wildman–Crippen MR) is 108 cm³/mol. The number of rotatable bonds is 11. The SMILES string of the molecule is COCCCn1c(SC(C)C(=O)c2ccc(CCNC(C)=O)cc2)n[nH]c1=O. The van der Waals surface area contributed by atoms with Crippen LogP contribution in [-0.2, 0) is 22.5 Å². The lowest BCUT2D eigenvalue weighted by Crippen LogP contribution is -2.22. The Kier molecular flexibility index (Phi) is 8.46. The minimum Gasteiger partial charge on any atom is -0.385 e. The van der Waals surface area contributed by atoms with Crippen molar-refractivity contribution in [1.82, 2.24) is 20.1 Å². The van der Waals surface area contributed by atoms with Crippen LogP contribution in [0, 0.1) is 0 Å². The van der Waals surface area contributed by atoms with Gasteiger partial charge in [0.15, 0.2) is 10.9 Å². The molecule has 0 spiro atoms. The number of aromatic amines is 1. The molecule has 9 heteroatoms. The van der Waals surface area contributed by atoms with Crippen LogP contribution >= 0.6 is 11.8 Å². The smallest absolute Gasteiger partial charge is 0.343 e. The molecule has 1 amide bonds. The number of hydrogen-bond donors (Lipinski definition) is 2. The second-order valence-electron chi connectivity index (χ2n) is 6.36. The molecule has 2 N–H and O–H groups in total. The summed E-state index contributed by atoms with van der Waals surface area (Å²) in [4.78, 5) is 35.5. The highest BCUT2D eigenvalue weighted by molar-refractivity contribution is 8.00. The summed E-state index contributed by atoms with van der Waals surface area (Å²) in [6.45, 7) is 4.88. The Bertz CT molecular complexity index is 844. The highest BCUT2D eigenvalue weighted by Crippen LogP contribution is 2.23. The zero-order chi connectivity index (χ0) is 20.5. The van der Waals surface area contributed by atoms with Gasteiger partial charge in [0.05, 0.1) is 5.25 Å². The number of ketones is 1. The van der Waals surface area contributed by atoms with Crippen LogP contribution in [0.5, 0.6) is 0 Å². The number of carbonyl (C=O) groups is 2. The average Bonchev–Trinajstić information content (AvgIpc) is 3.01. The van der Waals surface area contributed by atoms with Crippen LogP contribution in [0.15, 0.2) is 34.2 Å². The summed E-state index contributed by atoms with van der Waals surface area (Å²) in [5.41, 5.74) is 1.36. The van der Waals surface area contributed by atoms with E-state index < -0.39 is 0 Å². The quantitative estimate of drug-likeness (QED) is 0.334. The van der Waals surface area contributed by atoms with Crippen LogP contribution < -0.4 is 11.0 Å². The molecule has 1 heterocycles. The maximum absolute atomic E-state index is 12.7. The van der Waals surface area contributed by atoms with Gasteiger partial charge in [-0.25, -0.2) is 9.89 Å². The van der Waals surface area contributed by atoms with Crippen molar-refractivity contribution in [3.05, 3.63) is 45.9 Å². The Balaban J connectivity index is 1.97. The van der Waals surface area contributed by atoms with E-state index in [2.05, 4.69) is 15.5 Å². The van der Waals surface area contributed by atoms with Crippen molar-refractivity contribution in [3.63, 3.8) is 0 Å². The Morgan fingerprint density at radius 1 is 1.32 bits per heavy atom. The molecule has 0 saturated heterocycles. The fourth-order valence-electron chi connectivity index (χ4n) is 2.62.